The van der Waals surface area contributed by atoms with Gasteiger partial charge in [0.1, 0.15) is 5.75 Å². The van der Waals surface area contributed by atoms with E-state index in [-0.39, 0.29) is 17.6 Å². The van der Waals surface area contributed by atoms with Crippen molar-refractivity contribution in [2.75, 3.05) is 6.54 Å². The largest absolute Gasteiger partial charge is 0.573 e. The topological polar surface area (TPSA) is 55.5 Å². The number of aliphatic hydroxyl groups is 1. The number of benzene rings is 1. The standard InChI is InChI=1S/C14H20F3NO2/c1-9(2)12(8-18)13(19)7-10-3-5-11(6-4-10)20-14(15,16)17/h3-6,9,12-13,19H,7-8,18H2,1-2H3. The second kappa shape index (κ2) is 6.95. The molecule has 0 heterocycles. The molecule has 0 radical (unpaired) electrons. The minimum Gasteiger partial charge on any atom is -0.406 e. The number of alkyl halides is 3. The Morgan fingerprint density at radius 1 is 1.20 bits per heavy atom. The fourth-order valence-corrected chi connectivity index (χ4v) is 2.09. The number of ether oxygens (including phenoxy) is 1. The van der Waals surface area contributed by atoms with Crippen molar-refractivity contribution >= 4 is 0 Å². The maximum absolute atomic E-state index is 12.0. The van der Waals surface area contributed by atoms with Crippen molar-refractivity contribution in [3.63, 3.8) is 0 Å². The molecule has 2 unspecified atom stereocenters. The van der Waals surface area contributed by atoms with Crippen molar-refractivity contribution in [2.24, 2.45) is 17.6 Å². The smallest absolute Gasteiger partial charge is 0.406 e. The zero-order valence-electron chi connectivity index (χ0n) is 11.5. The van der Waals surface area contributed by atoms with Crippen molar-refractivity contribution < 1.29 is 23.0 Å². The van der Waals surface area contributed by atoms with E-state index in [2.05, 4.69) is 4.74 Å². The third kappa shape index (κ3) is 5.38. The quantitative estimate of drug-likeness (QED) is 0.847. The van der Waals surface area contributed by atoms with E-state index >= 15 is 0 Å². The van der Waals surface area contributed by atoms with Crippen LogP contribution in [0.4, 0.5) is 13.2 Å². The van der Waals surface area contributed by atoms with E-state index in [1.54, 1.807) is 0 Å². The van der Waals surface area contributed by atoms with E-state index < -0.39 is 12.5 Å². The first kappa shape index (κ1) is 16.8. The maximum Gasteiger partial charge on any atom is 0.573 e. The Morgan fingerprint density at radius 2 is 1.75 bits per heavy atom. The molecule has 0 fully saturated rings. The van der Waals surface area contributed by atoms with Crippen LogP contribution < -0.4 is 10.5 Å². The first-order valence-electron chi connectivity index (χ1n) is 6.45. The van der Waals surface area contributed by atoms with Gasteiger partial charge in [-0.15, -0.1) is 13.2 Å². The molecule has 0 amide bonds. The Kier molecular flexibility index (Phi) is 5.83. The molecule has 6 heteroatoms. The molecule has 3 nitrogen and oxygen atoms in total. The summed E-state index contributed by atoms with van der Waals surface area (Å²) in [6.07, 6.45) is -4.95. The zero-order valence-corrected chi connectivity index (χ0v) is 11.5. The van der Waals surface area contributed by atoms with Crippen LogP contribution in [0, 0.1) is 11.8 Å². The lowest BCUT2D eigenvalue weighted by molar-refractivity contribution is -0.274. The number of hydrogen-bond donors (Lipinski definition) is 2. The summed E-state index contributed by atoms with van der Waals surface area (Å²) in [7, 11) is 0. The lowest BCUT2D eigenvalue weighted by atomic mass is 9.87. The van der Waals surface area contributed by atoms with Gasteiger partial charge in [0.05, 0.1) is 6.10 Å². The third-order valence-corrected chi connectivity index (χ3v) is 3.22. The molecule has 0 aliphatic heterocycles. The summed E-state index contributed by atoms with van der Waals surface area (Å²) in [5.41, 5.74) is 6.36. The minimum absolute atomic E-state index is 0.0406. The van der Waals surface area contributed by atoms with Gasteiger partial charge in [-0.25, -0.2) is 0 Å². The summed E-state index contributed by atoms with van der Waals surface area (Å²) >= 11 is 0. The van der Waals surface area contributed by atoms with Crippen LogP contribution in [0.5, 0.6) is 5.75 Å². The lowest BCUT2D eigenvalue weighted by Crippen LogP contribution is -2.33. The molecular formula is C14H20F3NO2. The molecule has 0 aromatic heterocycles. The average Bonchev–Trinajstić information content (AvgIpc) is 2.30. The first-order chi connectivity index (χ1) is 9.23. The van der Waals surface area contributed by atoms with Crippen LogP contribution in [0.3, 0.4) is 0 Å². The predicted octanol–water partition coefficient (Wildman–Crippen LogP) is 2.72. The van der Waals surface area contributed by atoms with Crippen LogP contribution in [-0.2, 0) is 6.42 Å². The Balaban J connectivity index is 2.65. The Morgan fingerprint density at radius 3 is 2.15 bits per heavy atom. The monoisotopic (exact) mass is 291 g/mol. The van der Waals surface area contributed by atoms with Gasteiger partial charge in [-0.1, -0.05) is 26.0 Å². The van der Waals surface area contributed by atoms with Crippen LogP contribution in [0.2, 0.25) is 0 Å². The summed E-state index contributed by atoms with van der Waals surface area (Å²) in [6, 6.07) is 5.50. The van der Waals surface area contributed by atoms with Crippen LogP contribution in [-0.4, -0.2) is 24.1 Å². The second-order valence-electron chi connectivity index (χ2n) is 5.11. The van der Waals surface area contributed by atoms with E-state index in [4.69, 9.17) is 5.73 Å². The normalized spacial score (nSPS) is 15.2. The van der Waals surface area contributed by atoms with Crippen LogP contribution in [0.15, 0.2) is 24.3 Å². The Labute approximate surface area is 116 Å². The molecular weight excluding hydrogens is 271 g/mol. The van der Waals surface area contributed by atoms with E-state index in [0.717, 1.165) is 5.56 Å². The molecule has 0 aliphatic rings. The van der Waals surface area contributed by atoms with Crippen molar-refractivity contribution in [1.29, 1.82) is 0 Å². The highest BCUT2D eigenvalue weighted by atomic mass is 19.4. The van der Waals surface area contributed by atoms with Crippen molar-refractivity contribution in [3.05, 3.63) is 29.8 Å². The van der Waals surface area contributed by atoms with Gasteiger partial charge in [0, 0.05) is 0 Å². The van der Waals surface area contributed by atoms with E-state index in [1.807, 2.05) is 13.8 Å². The van der Waals surface area contributed by atoms with Gasteiger partial charge in [0.2, 0.25) is 0 Å². The van der Waals surface area contributed by atoms with Crippen molar-refractivity contribution in [1.82, 2.24) is 0 Å². The fourth-order valence-electron chi connectivity index (χ4n) is 2.09. The molecule has 0 bridgehead atoms. The predicted molar refractivity (Wildman–Crippen MR) is 70.2 cm³/mol. The molecule has 1 aromatic rings. The molecule has 0 saturated carbocycles. The van der Waals surface area contributed by atoms with Gasteiger partial charge in [0.15, 0.2) is 0 Å². The average molecular weight is 291 g/mol. The van der Waals surface area contributed by atoms with Crippen LogP contribution >= 0.6 is 0 Å². The van der Waals surface area contributed by atoms with Gasteiger partial charge in [-0.3, -0.25) is 0 Å². The Bertz CT molecular complexity index is 404. The number of nitrogens with two attached hydrogens (primary N) is 1. The molecule has 0 aliphatic carbocycles. The SMILES string of the molecule is CC(C)C(CN)C(O)Cc1ccc(OC(F)(F)F)cc1. The fraction of sp³-hybridized carbons (Fsp3) is 0.571. The highest BCUT2D eigenvalue weighted by molar-refractivity contribution is 5.27. The van der Waals surface area contributed by atoms with Gasteiger partial charge in [-0.05, 0) is 42.5 Å². The highest BCUT2D eigenvalue weighted by Crippen LogP contribution is 2.24. The van der Waals surface area contributed by atoms with Crippen LogP contribution in [0.1, 0.15) is 19.4 Å². The molecule has 2 atom stereocenters. The van der Waals surface area contributed by atoms with Gasteiger partial charge < -0.3 is 15.6 Å². The summed E-state index contributed by atoms with van der Waals surface area (Å²) < 4.78 is 39.8. The minimum atomic E-state index is -4.69. The van der Waals surface area contributed by atoms with Gasteiger partial charge in [0.25, 0.3) is 0 Å². The van der Waals surface area contributed by atoms with Gasteiger partial charge >= 0.3 is 6.36 Å². The number of aliphatic hydroxyl groups excluding tert-OH is 1. The summed E-state index contributed by atoms with van der Waals surface area (Å²) in [6.45, 7) is 4.32. The maximum atomic E-state index is 12.0. The zero-order chi connectivity index (χ0) is 15.3. The van der Waals surface area contributed by atoms with E-state index in [9.17, 15) is 18.3 Å². The molecule has 114 valence electrons. The number of rotatable bonds is 6. The molecule has 0 saturated heterocycles. The summed E-state index contributed by atoms with van der Waals surface area (Å²) in [5, 5.41) is 10.1. The summed E-state index contributed by atoms with van der Waals surface area (Å²) in [5.74, 6) is -0.0705. The summed E-state index contributed by atoms with van der Waals surface area (Å²) in [4.78, 5) is 0. The van der Waals surface area contributed by atoms with Crippen LogP contribution in [0.25, 0.3) is 0 Å². The van der Waals surface area contributed by atoms with E-state index in [1.165, 1.54) is 24.3 Å². The first-order valence-corrected chi connectivity index (χ1v) is 6.45. The second-order valence-corrected chi connectivity index (χ2v) is 5.11. The third-order valence-electron chi connectivity index (χ3n) is 3.22. The molecule has 0 spiro atoms. The van der Waals surface area contributed by atoms with E-state index in [0.29, 0.717) is 13.0 Å². The van der Waals surface area contributed by atoms with Gasteiger partial charge in [-0.2, -0.15) is 0 Å². The lowest BCUT2D eigenvalue weighted by Gasteiger charge is -2.25. The van der Waals surface area contributed by atoms with Crippen molar-refractivity contribution in [3.8, 4) is 5.75 Å². The number of hydrogen-bond acceptors (Lipinski definition) is 3. The highest BCUT2D eigenvalue weighted by Gasteiger charge is 2.31. The number of halogens is 3. The molecule has 20 heavy (non-hydrogen) atoms. The molecule has 1 rings (SSSR count). The van der Waals surface area contributed by atoms with Crippen molar-refractivity contribution in [2.45, 2.75) is 32.7 Å². The molecule has 1 aromatic carbocycles. The Hall–Kier alpha value is -1.27. The molecule has 3 N–H and O–H groups in total.